The molecule has 2 rings (SSSR count). The van der Waals surface area contributed by atoms with Crippen LogP contribution in [0.25, 0.3) is 0 Å². The number of hydrogen-bond donors (Lipinski definition) is 1. The SMILES string of the molecule is CC(C)Nc1cc(CC(=O)CCC(F)(F)F)cc(B2OC(C)(C)C(C)(C)O2)c1. The molecule has 0 radical (unpaired) electrons. The molecule has 0 aliphatic carbocycles. The van der Waals surface area contributed by atoms with Crippen LogP contribution in [0.2, 0.25) is 0 Å². The van der Waals surface area contributed by atoms with E-state index in [4.69, 9.17) is 9.31 Å². The summed E-state index contributed by atoms with van der Waals surface area (Å²) in [7, 11) is -0.608. The van der Waals surface area contributed by atoms with Gasteiger partial charge in [-0.2, -0.15) is 13.2 Å². The Morgan fingerprint density at radius 2 is 1.68 bits per heavy atom. The van der Waals surface area contributed by atoms with Gasteiger partial charge in [-0.25, -0.2) is 0 Å². The molecule has 1 aromatic rings. The predicted octanol–water partition coefficient (Wildman–Crippen LogP) is 4.26. The van der Waals surface area contributed by atoms with Crippen LogP contribution in [0, 0.1) is 0 Å². The van der Waals surface area contributed by atoms with Crippen molar-refractivity contribution in [1.29, 1.82) is 0 Å². The largest absolute Gasteiger partial charge is 0.494 e. The summed E-state index contributed by atoms with van der Waals surface area (Å²) < 4.78 is 49.3. The number of rotatable bonds is 7. The first-order chi connectivity index (χ1) is 12.7. The quantitative estimate of drug-likeness (QED) is 0.697. The Bertz CT molecular complexity index is 701. The number of benzene rings is 1. The first kappa shape index (κ1) is 22.8. The summed E-state index contributed by atoms with van der Waals surface area (Å²) in [5.41, 5.74) is 1.13. The third-order valence-corrected chi connectivity index (χ3v) is 5.08. The highest BCUT2D eigenvalue weighted by Gasteiger charge is 2.51. The van der Waals surface area contributed by atoms with Crippen LogP contribution in [0.4, 0.5) is 18.9 Å². The summed E-state index contributed by atoms with van der Waals surface area (Å²) in [6, 6.07) is 5.62. The van der Waals surface area contributed by atoms with Crippen molar-refractivity contribution < 1.29 is 27.3 Å². The van der Waals surface area contributed by atoms with E-state index in [0.717, 1.165) is 11.2 Å². The number of nitrogens with one attached hydrogen (secondary N) is 1. The highest BCUT2D eigenvalue weighted by Crippen LogP contribution is 2.36. The van der Waals surface area contributed by atoms with Crippen molar-refractivity contribution >= 4 is 24.1 Å². The number of anilines is 1. The fraction of sp³-hybridized carbons (Fsp3) is 0.650. The molecule has 8 heteroatoms. The lowest BCUT2D eigenvalue weighted by Crippen LogP contribution is -2.41. The van der Waals surface area contributed by atoms with Gasteiger partial charge in [-0.05, 0) is 64.7 Å². The summed E-state index contributed by atoms with van der Waals surface area (Å²) in [6.45, 7) is 11.8. The molecule has 1 aliphatic heterocycles. The van der Waals surface area contributed by atoms with Crippen molar-refractivity contribution in [3.63, 3.8) is 0 Å². The zero-order valence-electron chi connectivity index (χ0n) is 17.4. The Morgan fingerprint density at radius 1 is 1.11 bits per heavy atom. The van der Waals surface area contributed by atoms with Gasteiger partial charge in [0, 0.05) is 24.6 Å². The molecule has 1 saturated heterocycles. The number of hydrogen-bond acceptors (Lipinski definition) is 4. The smallest absolute Gasteiger partial charge is 0.399 e. The van der Waals surface area contributed by atoms with Crippen molar-refractivity contribution in [2.75, 3.05) is 5.32 Å². The van der Waals surface area contributed by atoms with Crippen LogP contribution in [-0.4, -0.2) is 36.3 Å². The second-order valence-electron chi connectivity index (χ2n) is 8.68. The monoisotopic (exact) mass is 399 g/mol. The third-order valence-electron chi connectivity index (χ3n) is 5.08. The zero-order valence-corrected chi connectivity index (χ0v) is 17.4. The molecule has 1 fully saturated rings. The van der Waals surface area contributed by atoms with Crippen LogP contribution in [-0.2, 0) is 20.5 Å². The molecule has 28 heavy (non-hydrogen) atoms. The molecule has 0 unspecified atom stereocenters. The lowest BCUT2D eigenvalue weighted by atomic mass is 9.77. The van der Waals surface area contributed by atoms with E-state index in [-0.39, 0.29) is 12.5 Å². The van der Waals surface area contributed by atoms with Gasteiger partial charge in [0.05, 0.1) is 17.6 Å². The predicted molar refractivity (Wildman–Crippen MR) is 105 cm³/mol. The average molecular weight is 399 g/mol. The number of carbonyl (C=O) groups excluding carboxylic acids is 1. The molecule has 0 saturated carbocycles. The molecule has 156 valence electrons. The normalized spacial score (nSPS) is 18.6. The van der Waals surface area contributed by atoms with Crippen molar-refractivity contribution in [1.82, 2.24) is 0 Å². The second kappa shape index (κ2) is 8.07. The van der Waals surface area contributed by atoms with Crippen LogP contribution in [0.3, 0.4) is 0 Å². The summed E-state index contributed by atoms with van der Waals surface area (Å²) in [5, 5.41) is 3.28. The van der Waals surface area contributed by atoms with Gasteiger partial charge in [-0.15, -0.1) is 0 Å². The summed E-state index contributed by atoms with van der Waals surface area (Å²) in [5.74, 6) is -0.445. The van der Waals surface area contributed by atoms with Crippen molar-refractivity contribution in [2.45, 2.75) is 84.2 Å². The highest BCUT2D eigenvalue weighted by molar-refractivity contribution is 6.62. The van der Waals surface area contributed by atoms with E-state index in [9.17, 15) is 18.0 Å². The van der Waals surface area contributed by atoms with Gasteiger partial charge in [0.1, 0.15) is 5.78 Å². The van der Waals surface area contributed by atoms with Gasteiger partial charge in [0.15, 0.2) is 0 Å². The minimum atomic E-state index is -4.33. The Labute approximate surface area is 165 Å². The maximum absolute atomic E-state index is 12.4. The van der Waals surface area contributed by atoms with Gasteiger partial charge in [-0.1, -0.05) is 6.07 Å². The Hall–Kier alpha value is -1.54. The van der Waals surface area contributed by atoms with E-state index in [1.807, 2.05) is 47.6 Å². The highest BCUT2D eigenvalue weighted by atomic mass is 19.4. The fourth-order valence-electron chi connectivity index (χ4n) is 2.95. The third kappa shape index (κ3) is 5.98. The maximum Gasteiger partial charge on any atom is 0.494 e. The zero-order chi connectivity index (χ0) is 21.3. The Balaban J connectivity index is 2.24. The van der Waals surface area contributed by atoms with E-state index in [0.29, 0.717) is 5.56 Å². The van der Waals surface area contributed by atoms with Gasteiger partial charge >= 0.3 is 13.3 Å². The molecular weight excluding hydrogens is 370 g/mol. The molecule has 0 bridgehead atoms. The molecular formula is C20H29BF3NO3. The minimum absolute atomic E-state index is 0.0593. The van der Waals surface area contributed by atoms with Crippen molar-refractivity contribution in [3.05, 3.63) is 23.8 Å². The number of alkyl halides is 3. The summed E-state index contributed by atoms with van der Waals surface area (Å²) in [6.07, 6.45) is -6.00. The molecule has 1 N–H and O–H groups in total. The maximum atomic E-state index is 12.4. The lowest BCUT2D eigenvalue weighted by Gasteiger charge is -2.32. The van der Waals surface area contributed by atoms with Crippen molar-refractivity contribution in [2.24, 2.45) is 0 Å². The van der Waals surface area contributed by atoms with Gasteiger partial charge in [0.25, 0.3) is 0 Å². The topological polar surface area (TPSA) is 47.6 Å². The first-order valence-corrected chi connectivity index (χ1v) is 9.53. The van der Waals surface area contributed by atoms with E-state index >= 15 is 0 Å². The number of Topliss-reactive ketones (excluding diaryl/α,β-unsaturated/α-hetero) is 1. The molecule has 0 atom stereocenters. The fourth-order valence-corrected chi connectivity index (χ4v) is 2.95. The molecule has 1 aromatic carbocycles. The Morgan fingerprint density at radius 3 is 2.18 bits per heavy atom. The second-order valence-corrected chi connectivity index (χ2v) is 8.68. The number of carbonyl (C=O) groups is 1. The molecule has 4 nitrogen and oxygen atoms in total. The Kier molecular flexibility index (Phi) is 6.56. The molecule has 1 heterocycles. The van der Waals surface area contributed by atoms with Crippen LogP contribution in [0.15, 0.2) is 18.2 Å². The van der Waals surface area contributed by atoms with Crippen molar-refractivity contribution in [3.8, 4) is 0 Å². The van der Waals surface area contributed by atoms with Gasteiger partial charge in [-0.3, -0.25) is 4.79 Å². The van der Waals surface area contributed by atoms with Crippen LogP contribution >= 0.6 is 0 Å². The molecule has 1 aliphatic rings. The van der Waals surface area contributed by atoms with Crippen LogP contribution in [0.1, 0.15) is 59.9 Å². The average Bonchev–Trinajstić information content (AvgIpc) is 2.72. The molecule has 0 amide bonds. The van der Waals surface area contributed by atoms with E-state index in [1.165, 1.54) is 0 Å². The van der Waals surface area contributed by atoms with E-state index in [2.05, 4.69) is 5.32 Å². The standard InChI is InChI=1S/C20H29BF3NO3/c1-13(2)25-16-10-14(11-17(26)7-8-20(22,23)24)9-15(12-16)21-27-18(3,4)19(5,6)28-21/h9-10,12-13,25H,7-8,11H2,1-6H3. The van der Waals surface area contributed by atoms with Crippen LogP contribution < -0.4 is 10.8 Å². The summed E-state index contributed by atoms with van der Waals surface area (Å²) in [4.78, 5) is 12.0. The first-order valence-electron chi connectivity index (χ1n) is 9.53. The van der Waals surface area contributed by atoms with E-state index in [1.54, 1.807) is 12.1 Å². The number of ketones is 1. The number of halogens is 3. The summed E-state index contributed by atoms with van der Waals surface area (Å²) >= 11 is 0. The lowest BCUT2D eigenvalue weighted by molar-refractivity contribution is -0.143. The molecule has 0 aromatic heterocycles. The van der Waals surface area contributed by atoms with Crippen LogP contribution in [0.5, 0.6) is 0 Å². The van der Waals surface area contributed by atoms with E-state index < -0.39 is 43.1 Å². The van der Waals surface area contributed by atoms with Gasteiger partial charge in [0.2, 0.25) is 0 Å². The molecule has 0 spiro atoms. The minimum Gasteiger partial charge on any atom is -0.399 e. The van der Waals surface area contributed by atoms with Gasteiger partial charge < -0.3 is 14.6 Å².